The molecule has 0 amide bonds. The lowest BCUT2D eigenvalue weighted by Crippen LogP contribution is -2.16. The fourth-order valence-corrected chi connectivity index (χ4v) is 4.53. The molecule has 1 N–H and O–H groups in total. The van der Waals surface area contributed by atoms with E-state index in [1.807, 2.05) is 18.2 Å². The number of hydrogen-bond acceptors (Lipinski definition) is 5. The number of rotatable bonds is 4. The number of hydrogen-bond donors (Lipinski definition) is 1. The molecule has 0 bridgehead atoms. The van der Waals surface area contributed by atoms with Gasteiger partial charge in [0.15, 0.2) is 5.13 Å². The van der Waals surface area contributed by atoms with Crippen LogP contribution in [0, 0.1) is 0 Å². The Morgan fingerprint density at radius 3 is 2.80 bits per heavy atom. The standard InChI is InChI=1S/C18H16ClN3O2S/c19-12-8-11(9-13-4-3-5-14(20-13)17(23)24)16-15(10-12)25-18(21-16)22-6-1-2-7-22/h3-5,8,10H,1-2,6-7,9H2,(H,23,24). The molecule has 0 spiro atoms. The first-order valence-electron chi connectivity index (χ1n) is 8.13. The molecule has 128 valence electrons. The lowest BCUT2D eigenvalue weighted by atomic mass is 10.1. The fourth-order valence-electron chi connectivity index (χ4n) is 3.12. The Bertz CT molecular complexity index is 951. The minimum Gasteiger partial charge on any atom is -0.477 e. The van der Waals surface area contributed by atoms with E-state index in [1.54, 1.807) is 17.4 Å². The van der Waals surface area contributed by atoms with E-state index in [-0.39, 0.29) is 5.69 Å². The number of thiazole rings is 1. The molecule has 2 aromatic heterocycles. The maximum Gasteiger partial charge on any atom is 0.354 e. The van der Waals surface area contributed by atoms with Crippen LogP contribution in [-0.2, 0) is 6.42 Å². The highest BCUT2D eigenvalue weighted by Crippen LogP contribution is 2.35. The predicted octanol–water partition coefficient (Wildman–Crippen LogP) is 4.23. The Morgan fingerprint density at radius 2 is 2.04 bits per heavy atom. The Labute approximate surface area is 153 Å². The molecule has 0 unspecified atom stereocenters. The monoisotopic (exact) mass is 373 g/mol. The van der Waals surface area contributed by atoms with Crippen molar-refractivity contribution < 1.29 is 9.90 Å². The number of aromatic carboxylic acids is 1. The van der Waals surface area contributed by atoms with E-state index in [2.05, 4.69) is 9.88 Å². The summed E-state index contributed by atoms with van der Waals surface area (Å²) in [6.45, 7) is 2.09. The highest BCUT2D eigenvalue weighted by molar-refractivity contribution is 7.22. The highest BCUT2D eigenvalue weighted by Gasteiger charge is 2.18. The van der Waals surface area contributed by atoms with Gasteiger partial charge >= 0.3 is 5.97 Å². The first-order chi connectivity index (χ1) is 12.1. The summed E-state index contributed by atoms with van der Waals surface area (Å²) in [5.41, 5.74) is 2.64. The second-order valence-electron chi connectivity index (χ2n) is 6.10. The van der Waals surface area contributed by atoms with Crippen molar-refractivity contribution in [2.45, 2.75) is 19.3 Å². The van der Waals surface area contributed by atoms with E-state index in [9.17, 15) is 4.79 Å². The van der Waals surface area contributed by atoms with Gasteiger partial charge in [0, 0.05) is 30.2 Å². The van der Waals surface area contributed by atoms with Crippen LogP contribution in [0.2, 0.25) is 5.02 Å². The molecule has 1 aliphatic rings. The molecule has 4 rings (SSSR count). The predicted molar refractivity (Wildman–Crippen MR) is 100 cm³/mol. The van der Waals surface area contributed by atoms with Crippen LogP contribution >= 0.6 is 22.9 Å². The molecule has 0 aliphatic carbocycles. The first kappa shape index (κ1) is 16.3. The van der Waals surface area contributed by atoms with Crippen molar-refractivity contribution in [3.63, 3.8) is 0 Å². The Balaban J connectivity index is 1.73. The molecule has 5 nitrogen and oxygen atoms in total. The minimum absolute atomic E-state index is 0.0480. The number of carbonyl (C=O) groups is 1. The van der Waals surface area contributed by atoms with Crippen molar-refractivity contribution in [3.05, 3.63) is 52.3 Å². The molecular formula is C18H16ClN3O2S. The van der Waals surface area contributed by atoms with Gasteiger partial charge in [-0.3, -0.25) is 0 Å². The normalized spacial score (nSPS) is 14.4. The lowest BCUT2D eigenvalue weighted by Gasteiger charge is -2.11. The molecule has 0 atom stereocenters. The van der Waals surface area contributed by atoms with Gasteiger partial charge in [-0.2, -0.15) is 0 Å². The molecule has 1 fully saturated rings. The summed E-state index contributed by atoms with van der Waals surface area (Å²) >= 11 is 7.95. The van der Waals surface area contributed by atoms with Crippen LogP contribution in [0.1, 0.15) is 34.6 Å². The third-order valence-electron chi connectivity index (χ3n) is 4.30. The minimum atomic E-state index is -1.02. The average Bonchev–Trinajstić information content (AvgIpc) is 3.24. The van der Waals surface area contributed by atoms with Gasteiger partial charge in [-0.1, -0.05) is 29.0 Å². The summed E-state index contributed by atoms with van der Waals surface area (Å²) in [4.78, 5) is 22.5. The van der Waals surface area contributed by atoms with E-state index in [0.717, 1.165) is 34.0 Å². The maximum absolute atomic E-state index is 11.1. The van der Waals surface area contributed by atoms with Crippen LogP contribution in [0.25, 0.3) is 10.2 Å². The number of pyridine rings is 1. The topological polar surface area (TPSA) is 66.3 Å². The number of fused-ring (bicyclic) bond motifs is 1. The van der Waals surface area contributed by atoms with Crippen molar-refractivity contribution in [1.29, 1.82) is 0 Å². The van der Waals surface area contributed by atoms with Crippen LogP contribution in [0.3, 0.4) is 0 Å². The van der Waals surface area contributed by atoms with Gasteiger partial charge in [-0.25, -0.2) is 14.8 Å². The Morgan fingerprint density at radius 1 is 1.24 bits per heavy atom. The quantitative estimate of drug-likeness (QED) is 0.741. The summed E-state index contributed by atoms with van der Waals surface area (Å²) in [5.74, 6) is -1.02. The zero-order valence-electron chi connectivity index (χ0n) is 13.4. The molecule has 0 radical (unpaired) electrons. The van der Waals surface area contributed by atoms with Gasteiger partial charge < -0.3 is 10.0 Å². The van der Waals surface area contributed by atoms with Crippen molar-refractivity contribution in [2.75, 3.05) is 18.0 Å². The second-order valence-corrected chi connectivity index (χ2v) is 7.54. The summed E-state index contributed by atoms with van der Waals surface area (Å²) in [7, 11) is 0. The van der Waals surface area contributed by atoms with E-state index in [1.165, 1.54) is 18.9 Å². The molecule has 1 aliphatic heterocycles. The number of carboxylic acids is 1. The van der Waals surface area contributed by atoms with Crippen molar-refractivity contribution in [1.82, 2.24) is 9.97 Å². The van der Waals surface area contributed by atoms with Crippen LogP contribution in [0.4, 0.5) is 5.13 Å². The average molecular weight is 374 g/mol. The third kappa shape index (κ3) is 3.32. The smallest absolute Gasteiger partial charge is 0.354 e. The van der Waals surface area contributed by atoms with Crippen molar-refractivity contribution in [2.24, 2.45) is 0 Å². The van der Waals surface area contributed by atoms with Gasteiger partial charge in [-0.05, 0) is 42.7 Å². The number of carboxylic acid groups (broad SMARTS) is 1. The molecule has 3 aromatic rings. The highest BCUT2D eigenvalue weighted by atomic mass is 35.5. The lowest BCUT2D eigenvalue weighted by molar-refractivity contribution is 0.0690. The fraction of sp³-hybridized carbons (Fsp3) is 0.278. The number of anilines is 1. The van der Waals surface area contributed by atoms with Gasteiger partial charge in [-0.15, -0.1) is 0 Å². The summed E-state index contributed by atoms with van der Waals surface area (Å²) in [6.07, 6.45) is 2.91. The molecule has 7 heteroatoms. The van der Waals surface area contributed by atoms with Gasteiger partial charge in [0.2, 0.25) is 0 Å². The maximum atomic E-state index is 11.1. The molecule has 1 aromatic carbocycles. The first-order valence-corrected chi connectivity index (χ1v) is 9.33. The molecule has 25 heavy (non-hydrogen) atoms. The zero-order chi connectivity index (χ0) is 17.4. The number of nitrogens with zero attached hydrogens (tertiary/aromatic N) is 3. The Kier molecular flexibility index (Phi) is 4.31. The number of benzene rings is 1. The Hall–Kier alpha value is -2.18. The van der Waals surface area contributed by atoms with E-state index in [4.69, 9.17) is 21.7 Å². The van der Waals surface area contributed by atoms with Crippen LogP contribution in [0.5, 0.6) is 0 Å². The van der Waals surface area contributed by atoms with Crippen molar-refractivity contribution >= 4 is 44.3 Å². The van der Waals surface area contributed by atoms with Gasteiger partial charge in [0.05, 0.1) is 10.2 Å². The van der Waals surface area contributed by atoms with Gasteiger partial charge in [0.25, 0.3) is 0 Å². The summed E-state index contributed by atoms with van der Waals surface area (Å²) in [5, 5.41) is 10.8. The van der Waals surface area contributed by atoms with E-state index >= 15 is 0 Å². The SMILES string of the molecule is O=C(O)c1cccc(Cc2cc(Cl)cc3sc(N4CCCC4)nc23)n1. The van der Waals surface area contributed by atoms with Crippen LogP contribution < -0.4 is 4.90 Å². The summed E-state index contributed by atoms with van der Waals surface area (Å²) < 4.78 is 1.05. The summed E-state index contributed by atoms with van der Waals surface area (Å²) in [6, 6.07) is 8.87. The van der Waals surface area contributed by atoms with E-state index < -0.39 is 5.97 Å². The molecule has 0 saturated carbocycles. The number of aromatic nitrogens is 2. The molecular weight excluding hydrogens is 358 g/mol. The number of halogens is 1. The molecule has 3 heterocycles. The second kappa shape index (κ2) is 6.61. The largest absolute Gasteiger partial charge is 0.477 e. The van der Waals surface area contributed by atoms with E-state index in [0.29, 0.717) is 17.1 Å². The van der Waals surface area contributed by atoms with Crippen LogP contribution in [-0.4, -0.2) is 34.1 Å². The van der Waals surface area contributed by atoms with Crippen LogP contribution in [0.15, 0.2) is 30.3 Å². The zero-order valence-corrected chi connectivity index (χ0v) is 15.0. The van der Waals surface area contributed by atoms with Crippen molar-refractivity contribution in [3.8, 4) is 0 Å². The van der Waals surface area contributed by atoms with Gasteiger partial charge in [0.1, 0.15) is 5.69 Å². The third-order valence-corrected chi connectivity index (χ3v) is 5.58. The molecule has 1 saturated heterocycles.